The number of hydrogen-bond donors (Lipinski definition) is 8. The summed E-state index contributed by atoms with van der Waals surface area (Å²) in [6.07, 6.45) is 0.515. The number of carboxylic acid groups (broad SMARTS) is 2. The first kappa shape index (κ1) is 32.2. The van der Waals surface area contributed by atoms with E-state index in [1.54, 1.807) is 0 Å². The monoisotopic (exact) mass is 555 g/mol. The van der Waals surface area contributed by atoms with E-state index in [1.807, 2.05) is 11.6 Å². The third kappa shape index (κ3) is 11.9. The van der Waals surface area contributed by atoms with Gasteiger partial charge in [0.15, 0.2) is 0 Å². The highest BCUT2D eigenvalue weighted by molar-refractivity contribution is 7.98. The summed E-state index contributed by atoms with van der Waals surface area (Å²) in [5, 5.41) is 34.6. The lowest BCUT2D eigenvalue weighted by Crippen LogP contribution is -2.57. The number of hydrogen-bond acceptors (Lipinski definition) is 9. The Morgan fingerprint density at radius 3 is 1.95 bits per heavy atom. The minimum atomic E-state index is -1.80. The van der Waals surface area contributed by atoms with Crippen LogP contribution in [0.15, 0.2) is 24.3 Å². The van der Waals surface area contributed by atoms with Gasteiger partial charge in [0.1, 0.15) is 23.9 Å². The number of aliphatic carboxylic acids is 2. The number of thioether (sulfide) groups is 1. The molecule has 0 heterocycles. The standard InChI is InChI=1S/C23H33N5O9S/c1-38-9-8-14(24)20(33)27-16(10-12-2-4-13(29)5-3-12)22(35)26-15(6-7-18(25)30)21(34)28-17(23(36)37)11-19(31)32/h2-5,14-17,29H,6-11,24H2,1H3,(H2,25,30)(H,26,35)(H,27,33)(H,28,34)(H,31,32)(H,36,37). The van der Waals surface area contributed by atoms with Gasteiger partial charge in [-0.3, -0.25) is 24.0 Å². The quantitative estimate of drug-likeness (QED) is 0.107. The molecule has 10 N–H and O–H groups in total. The Morgan fingerprint density at radius 2 is 1.42 bits per heavy atom. The van der Waals surface area contributed by atoms with Crippen molar-refractivity contribution in [2.45, 2.75) is 56.3 Å². The molecular formula is C23H33N5O9S. The van der Waals surface area contributed by atoms with E-state index in [0.29, 0.717) is 17.7 Å². The number of phenolic OH excluding ortho intramolecular Hbond substituents is 1. The lowest BCUT2D eigenvalue weighted by atomic mass is 10.0. The number of nitrogens with two attached hydrogens (primary N) is 2. The highest BCUT2D eigenvalue weighted by Gasteiger charge is 2.31. The number of carboxylic acids is 2. The number of phenols is 1. The Hall–Kier alpha value is -3.85. The van der Waals surface area contributed by atoms with Crippen molar-refractivity contribution < 1.29 is 44.1 Å². The highest BCUT2D eigenvalue weighted by Crippen LogP contribution is 2.12. The van der Waals surface area contributed by atoms with Crippen LogP contribution in [0.5, 0.6) is 5.75 Å². The van der Waals surface area contributed by atoms with Crippen LogP contribution >= 0.6 is 11.8 Å². The first-order chi connectivity index (χ1) is 17.8. The summed E-state index contributed by atoms with van der Waals surface area (Å²) < 4.78 is 0. The first-order valence-corrected chi connectivity index (χ1v) is 12.9. The summed E-state index contributed by atoms with van der Waals surface area (Å²) in [4.78, 5) is 72.3. The lowest BCUT2D eigenvalue weighted by Gasteiger charge is -2.25. The van der Waals surface area contributed by atoms with Crippen LogP contribution in [0.2, 0.25) is 0 Å². The van der Waals surface area contributed by atoms with Crippen molar-refractivity contribution in [3.05, 3.63) is 29.8 Å². The molecule has 0 aromatic heterocycles. The molecule has 0 aliphatic carbocycles. The van der Waals surface area contributed by atoms with Gasteiger partial charge < -0.3 is 42.7 Å². The fraction of sp³-hybridized carbons (Fsp3) is 0.478. The third-order valence-electron chi connectivity index (χ3n) is 5.28. The maximum absolute atomic E-state index is 13.2. The molecule has 4 atom stereocenters. The van der Waals surface area contributed by atoms with Gasteiger partial charge in [-0.2, -0.15) is 11.8 Å². The molecule has 0 aliphatic rings. The summed E-state index contributed by atoms with van der Waals surface area (Å²) in [6, 6.07) is 0.378. The molecule has 0 spiro atoms. The molecule has 1 aromatic carbocycles. The fourth-order valence-corrected chi connectivity index (χ4v) is 3.70. The zero-order valence-electron chi connectivity index (χ0n) is 20.7. The Labute approximate surface area is 222 Å². The van der Waals surface area contributed by atoms with Crippen molar-refractivity contribution in [2.24, 2.45) is 11.5 Å². The van der Waals surface area contributed by atoms with Crippen molar-refractivity contribution in [1.29, 1.82) is 0 Å². The summed E-state index contributed by atoms with van der Waals surface area (Å²) >= 11 is 1.48. The molecule has 0 saturated heterocycles. The van der Waals surface area contributed by atoms with Gasteiger partial charge in [0.05, 0.1) is 12.5 Å². The predicted molar refractivity (Wildman–Crippen MR) is 137 cm³/mol. The molecule has 1 aromatic rings. The third-order valence-corrected chi connectivity index (χ3v) is 5.93. The van der Waals surface area contributed by atoms with Crippen LogP contribution in [0.25, 0.3) is 0 Å². The Kier molecular flexibility index (Phi) is 13.6. The summed E-state index contributed by atoms with van der Waals surface area (Å²) in [5.74, 6) is -5.84. The van der Waals surface area contributed by atoms with Gasteiger partial charge in [-0.25, -0.2) is 4.79 Å². The van der Waals surface area contributed by atoms with Gasteiger partial charge in [0.2, 0.25) is 23.6 Å². The van der Waals surface area contributed by atoms with E-state index in [-0.39, 0.29) is 25.0 Å². The number of amides is 4. The maximum atomic E-state index is 13.2. The van der Waals surface area contributed by atoms with E-state index in [1.165, 1.54) is 36.0 Å². The lowest BCUT2D eigenvalue weighted by molar-refractivity contribution is -0.147. The van der Waals surface area contributed by atoms with Gasteiger partial charge in [-0.1, -0.05) is 12.1 Å². The van der Waals surface area contributed by atoms with E-state index < -0.39 is 66.2 Å². The van der Waals surface area contributed by atoms with Crippen LogP contribution in [0, 0.1) is 0 Å². The molecule has 4 unspecified atom stereocenters. The Morgan fingerprint density at radius 1 is 0.868 bits per heavy atom. The Balaban J connectivity index is 3.16. The van der Waals surface area contributed by atoms with Crippen LogP contribution in [0.4, 0.5) is 0 Å². The predicted octanol–water partition coefficient (Wildman–Crippen LogP) is -1.71. The minimum absolute atomic E-state index is 0.0181. The first-order valence-electron chi connectivity index (χ1n) is 11.5. The summed E-state index contributed by atoms with van der Waals surface area (Å²) in [5.41, 5.74) is 11.6. The number of benzene rings is 1. The average molecular weight is 556 g/mol. The molecule has 0 radical (unpaired) electrons. The normalized spacial score (nSPS) is 13.8. The van der Waals surface area contributed by atoms with Crippen LogP contribution < -0.4 is 27.4 Å². The molecule has 38 heavy (non-hydrogen) atoms. The topological polar surface area (TPSA) is 251 Å². The van der Waals surface area contributed by atoms with E-state index in [0.717, 1.165) is 0 Å². The number of nitrogens with one attached hydrogen (secondary N) is 3. The van der Waals surface area contributed by atoms with Gasteiger partial charge in [-0.15, -0.1) is 0 Å². The van der Waals surface area contributed by atoms with Crippen molar-refractivity contribution >= 4 is 47.3 Å². The number of rotatable bonds is 17. The van der Waals surface area contributed by atoms with Crippen LogP contribution in [-0.4, -0.2) is 87.1 Å². The number of carbonyl (C=O) groups is 6. The molecule has 210 valence electrons. The Bertz CT molecular complexity index is 1010. The molecule has 15 heteroatoms. The highest BCUT2D eigenvalue weighted by atomic mass is 32.2. The van der Waals surface area contributed by atoms with E-state index in [2.05, 4.69) is 10.6 Å². The summed E-state index contributed by atoms with van der Waals surface area (Å²) in [6.45, 7) is 0. The summed E-state index contributed by atoms with van der Waals surface area (Å²) in [7, 11) is 0. The van der Waals surface area contributed by atoms with E-state index in [4.69, 9.17) is 16.6 Å². The van der Waals surface area contributed by atoms with E-state index >= 15 is 0 Å². The van der Waals surface area contributed by atoms with Crippen LogP contribution in [0.3, 0.4) is 0 Å². The molecule has 0 fully saturated rings. The van der Waals surface area contributed by atoms with Crippen molar-refractivity contribution in [1.82, 2.24) is 16.0 Å². The average Bonchev–Trinajstić information content (AvgIpc) is 2.84. The molecule has 0 bridgehead atoms. The number of aromatic hydroxyl groups is 1. The maximum Gasteiger partial charge on any atom is 0.326 e. The van der Waals surface area contributed by atoms with Crippen LogP contribution in [0.1, 0.15) is 31.2 Å². The second-order valence-corrected chi connectivity index (χ2v) is 9.37. The van der Waals surface area contributed by atoms with Crippen LogP contribution in [-0.2, 0) is 35.2 Å². The van der Waals surface area contributed by atoms with E-state index in [9.17, 15) is 39.0 Å². The van der Waals surface area contributed by atoms with Crippen molar-refractivity contribution in [3.8, 4) is 5.75 Å². The van der Waals surface area contributed by atoms with Gasteiger partial charge >= 0.3 is 11.9 Å². The van der Waals surface area contributed by atoms with Gasteiger partial charge in [0, 0.05) is 12.8 Å². The van der Waals surface area contributed by atoms with Crippen molar-refractivity contribution in [2.75, 3.05) is 12.0 Å². The number of primary amides is 1. The smallest absolute Gasteiger partial charge is 0.326 e. The van der Waals surface area contributed by atoms with Gasteiger partial charge in [-0.05, 0) is 42.5 Å². The molecule has 1 rings (SSSR count). The molecule has 0 aliphatic heterocycles. The zero-order valence-corrected chi connectivity index (χ0v) is 21.5. The second kappa shape index (κ2) is 16.1. The number of carbonyl (C=O) groups excluding carboxylic acids is 4. The largest absolute Gasteiger partial charge is 0.508 e. The molecule has 0 saturated carbocycles. The molecule has 14 nitrogen and oxygen atoms in total. The SMILES string of the molecule is CSCCC(N)C(=O)NC(Cc1ccc(O)cc1)C(=O)NC(CCC(N)=O)C(=O)NC(CC(=O)O)C(=O)O. The van der Waals surface area contributed by atoms with Crippen molar-refractivity contribution in [3.63, 3.8) is 0 Å². The molecular weight excluding hydrogens is 522 g/mol. The minimum Gasteiger partial charge on any atom is -0.508 e. The second-order valence-electron chi connectivity index (χ2n) is 8.38. The fourth-order valence-electron chi connectivity index (χ4n) is 3.21. The van der Waals surface area contributed by atoms with Gasteiger partial charge in [0.25, 0.3) is 0 Å². The zero-order chi connectivity index (χ0) is 28.8. The molecule has 4 amide bonds.